The minimum absolute atomic E-state index is 0.202. The van der Waals surface area contributed by atoms with Gasteiger partial charge in [0.25, 0.3) is 5.56 Å². The molecule has 0 bridgehead atoms. The summed E-state index contributed by atoms with van der Waals surface area (Å²) in [6, 6.07) is 15.3. The molecule has 3 aromatic rings. The molecule has 120 valence electrons. The number of hydrogen-bond acceptors (Lipinski definition) is 5. The van der Waals surface area contributed by atoms with Gasteiger partial charge in [0.05, 0.1) is 23.8 Å². The van der Waals surface area contributed by atoms with Gasteiger partial charge in [0.15, 0.2) is 11.5 Å². The Labute approximate surface area is 137 Å². The Hall–Kier alpha value is -3.28. The van der Waals surface area contributed by atoms with Crippen molar-refractivity contribution in [3.63, 3.8) is 0 Å². The largest absolute Gasteiger partial charge is 0.454 e. The van der Waals surface area contributed by atoms with E-state index in [0.717, 1.165) is 10.9 Å². The molecule has 2 heterocycles. The second-order valence-electron chi connectivity index (χ2n) is 5.43. The molecule has 0 saturated carbocycles. The van der Waals surface area contributed by atoms with Crippen LogP contribution in [0.1, 0.15) is 11.1 Å². The zero-order chi connectivity index (χ0) is 16.4. The molecule has 24 heavy (non-hydrogen) atoms. The molecule has 0 unspecified atom stereocenters. The van der Waals surface area contributed by atoms with Crippen molar-refractivity contribution in [1.29, 1.82) is 0 Å². The number of H-pyrrole nitrogens is 1. The summed E-state index contributed by atoms with van der Waals surface area (Å²) in [5, 5.41) is 4.99. The maximum Gasteiger partial charge on any atom is 0.257 e. The number of aromatic amines is 1. The molecule has 1 aromatic heterocycles. The van der Waals surface area contributed by atoms with Gasteiger partial charge in [-0.3, -0.25) is 4.79 Å². The number of benzene rings is 2. The molecule has 1 aliphatic rings. The first-order chi connectivity index (χ1) is 11.8. The molecule has 0 radical (unpaired) electrons. The number of rotatable bonds is 4. The summed E-state index contributed by atoms with van der Waals surface area (Å²) in [7, 11) is 0. The van der Waals surface area contributed by atoms with E-state index in [1.807, 2.05) is 36.4 Å². The van der Waals surface area contributed by atoms with Crippen LogP contribution in [0.15, 0.2) is 58.4 Å². The van der Waals surface area contributed by atoms with E-state index in [-0.39, 0.29) is 12.4 Å². The van der Waals surface area contributed by atoms with Crippen LogP contribution in [0.5, 0.6) is 11.5 Å². The lowest BCUT2D eigenvalue weighted by atomic mass is 10.1. The Bertz CT molecular complexity index is 964. The third kappa shape index (κ3) is 2.81. The van der Waals surface area contributed by atoms with Gasteiger partial charge in [-0.25, -0.2) is 0 Å². The molecular weight excluding hydrogens is 306 g/mol. The monoisotopic (exact) mass is 321 g/mol. The third-order valence-corrected chi connectivity index (χ3v) is 3.79. The van der Waals surface area contributed by atoms with Gasteiger partial charge in [-0.15, -0.1) is 0 Å². The van der Waals surface area contributed by atoms with E-state index >= 15 is 0 Å². The standard InChI is InChI=1S/C18H15N3O3/c22-18-14(10-20-19-9-12-4-2-1-3-5-12)6-13-7-16-17(24-11-23-16)8-15(13)21-18/h1-8,10,19H,9,11H2,(H,21,22)/b20-10+. The Morgan fingerprint density at radius 2 is 1.92 bits per heavy atom. The highest BCUT2D eigenvalue weighted by Gasteiger charge is 2.15. The van der Waals surface area contributed by atoms with Gasteiger partial charge in [-0.1, -0.05) is 30.3 Å². The van der Waals surface area contributed by atoms with Gasteiger partial charge in [0, 0.05) is 11.5 Å². The summed E-state index contributed by atoms with van der Waals surface area (Å²) in [5.41, 5.74) is 5.04. The van der Waals surface area contributed by atoms with Crippen LogP contribution < -0.4 is 20.5 Å². The van der Waals surface area contributed by atoms with Crippen LogP contribution in [0.4, 0.5) is 0 Å². The molecule has 0 amide bonds. The normalized spacial score (nSPS) is 12.8. The van der Waals surface area contributed by atoms with Crippen molar-refractivity contribution in [2.75, 3.05) is 6.79 Å². The summed E-state index contributed by atoms with van der Waals surface area (Å²) in [6.07, 6.45) is 1.52. The van der Waals surface area contributed by atoms with Crippen molar-refractivity contribution < 1.29 is 9.47 Å². The molecule has 0 atom stereocenters. The minimum atomic E-state index is -0.202. The van der Waals surface area contributed by atoms with Gasteiger partial charge in [-0.2, -0.15) is 5.10 Å². The highest BCUT2D eigenvalue weighted by Crippen LogP contribution is 2.35. The SMILES string of the molecule is O=c1[nH]c2cc3c(cc2cc1/C=N/NCc1ccccc1)OCO3. The van der Waals surface area contributed by atoms with E-state index in [2.05, 4.69) is 15.5 Å². The van der Waals surface area contributed by atoms with Crippen LogP contribution >= 0.6 is 0 Å². The number of fused-ring (bicyclic) bond motifs is 2. The highest BCUT2D eigenvalue weighted by atomic mass is 16.7. The fourth-order valence-corrected chi connectivity index (χ4v) is 2.56. The van der Waals surface area contributed by atoms with Crippen LogP contribution in [0.3, 0.4) is 0 Å². The first-order valence-electron chi connectivity index (χ1n) is 7.56. The molecular formula is C18H15N3O3. The van der Waals surface area contributed by atoms with Crippen LogP contribution in [-0.4, -0.2) is 18.0 Å². The van der Waals surface area contributed by atoms with Crippen LogP contribution in [0, 0.1) is 0 Å². The molecule has 6 heteroatoms. The molecule has 1 aliphatic heterocycles. The first kappa shape index (κ1) is 14.3. The van der Waals surface area contributed by atoms with Gasteiger partial charge >= 0.3 is 0 Å². The molecule has 2 aromatic carbocycles. The highest BCUT2D eigenvalue weighted by molar-refractivity contribution is 5.89. The molecule has 2 N–H and O–H groups in total. The van der Waals surface area contributed by atoms with E-state index < -0.39 is 0 Å². The lowest BCUT2D eigenvalue weighted by Crippen LogP contribution is -2.13. The summed E-state index contributed by atoms with van der Waals surface area (Å²) >= 11 is 0. The number of aromatic nitrogens is 1. The Balaban J connectivity index is 1.55. The predicted molar refractivity (Wildman–Crippen MR) is 91.6 cm³/mol. The number of pyridine rings is 1. The quantitative estimate of drug-likeness (QED) is 0.571. The maximum absolute atomic E-state index is 12.2. The number of hydrazone groups is 1. The van der Waals surface area contributed by atoms with Crippen molar-refractivity contribution in [2.24, 2.45) is 5.10 Å². The van der Waals surface area contributed by atoms with E-state index in [1.54, 1.807) is 12.1 Å². The van der Waals surface area contributed by atoms with Crippen molar-refractivity contribution in [3.8, 4) is 11.5 Å². The lowest BCUT2D eigenvalue weighted by molar-refractivity contribution is 0.174. The summed E-state index contributed by atoms with van der Waals surface area (Å²) < 4.78 is 10.7. The van der Waals surface area contributed by atoms with E-state index in [9.17, 15) is 4.79 Å². The maximum atomic E-state index is 12.2. The summed E-state index contributed by atoms with van der Waals surface area (Å²) in [4.78, 5) is 15.0. The molecule has 0 spiro atoms. The van der Waals surface area contributed by atoms with Gasteiger partial charge in [-0.05, 0) is 17.7 Å². The zero-order valence-electron chi connectivity index (χ0n) is 12.8. The second kappa shape index (κ2) is 6.08. The van der Waals surface area contributed by atoms with Crippen LogP contribution in [0.2, 0.25) is 0 Å². The Kier molecular flexibility index (Phi) is 3.63. The van der Waals surface area contributed by atoms with Gasteiger partial charge < -0.3 is 19.9 Å². The second-order valence-corrected chi connectivity index (χ2v) is 5.43. The smallest absolute Gasteiger partial charge is 0.257 e. The third-order valence-electron chi connectivity index (χ3n) is 3.79. The van der Waals surface area contributed by atoms with Gasteiger partial charge in [0.1, 0.15) is 0 Å². The average Bonchev–Trinajstić information content (AvgIpc) is 3.05. The molecule has 6 nitrogen and oxygen atoms in total. The topological polar surface area (TPSA) is 75.7 Å². The fraction of sp³-hybridized carbons (Fsp3) is 0.111. The van der Waals surface area contributed by atoms with Crippen LogP contribution in [0.25, 0.3) is 10.9 Å². The Morgan fingerprint density at radius 1 is 1.12 bits per heavy atom. The average molecular weight is 321 g/mol. The van der Waals surface area contributed by atoms with E-state index in [4.69, 9.17) is 9.47 Å². The van der Waals surface area contributed by atoms with E-state index in [0.29, 0.717) is 29.1 Å². The van der Waals surface area contributed by atoms with Crippen molar-refractivity contribution in [3.05, 3.63) is 70.0 Å². The molecule has 0 aliphatic carbocycles. The Morgan fingerprint density at radius 3 is 2.75 bits per heavy atom. The zero-order valence-corrected chi connectivity index (χ0v) is 12.8. The van der Waals surface area contributed by atoms with Crippen LogP contribution in [-0.2, 0) is 6.54 Å². The molecule has 0 saturated heterocycles. The number of nitrogens with zero attached hydrogens (tertiary/aromatic N) is 1. The van der Waals surface area contributed by atoms with Crippen molar-refractivity contribution >= 4 is 17.1 Å². The summed E-state index contributed by atoms with van der Waals surface area (Å²) in [5.74, 6) is 1.32. The predicted octanol–water partition coefficient (Wildman–Crippen LogP) is 2.38. The molecule has 4 rings (SSSR count). The van der Waals surface area contributed by atoms with E-state index in [1.165, 1.54) is 6.21 Å². The first-order valence-corrected chi connectivity index (χ1v) is 7.56. The summed E-state index contributed by atoms with van der Waals surface area (Å²) in [6.45, 7) is 0.801. The van der Waals surface area contributed by atoms with Crippen molar-refractivity contribution in [2.45, 2.75) is 6.54 Å². The number of nitrogens with one attached hydrogen (secondary N) is 2. The minimum Gasteiger partial charge on any atom is -0.454 e. The fourth-order valence-electron chi connectivity index (χ4n) is 2.56. The number of ether oxygens (including phenoxy) is 2. The van der Waals surface area contributed by atoms with Crippen molar-refractivity contribution in [1.82, 2.24) is 10.4 Å². The van der Waals surface area contributed by atoms with Gasteiger partial charge in [0.2, 0.25) is 6.79 Å². The number of hydrogen-bond donors (Lipinski definition) is 2. The molecule has 0 fully saturated rings. The lowest BCUT2D eigenvalue weighted by Gasteiger charge is -2.03.